The van der Waals surface area contributed by atoms with Gasteiger partial charge in [0.05, 0.1) is 5.02 Å². The lowest BCUT2D eigenvalue weighted by molar-refractivity contribution is -0.127. The second-order valence-corrected chi connectivity index (χ2v) is 8.36. The van der Waals surface area contributed by atoms with Crippen molar-refractivity contribution in [3.63, 3.8) is 0 Å². The van der Waals surface area contributed by atoms with Crippen molar-refractivity contribution in [3.05, 3.63) is 40.9 Å². The molecular weight excluding hydrogens is 390 g/mol. The molecule has 1 heterocycles. The Morgan fingerprint density at radius 3 is 2.59 bits per heavy atom. The Balaban J connectivity index is 1.85. The van der Waals surface area contributed by atoms with Crippen LogP contribution >= 0.6 is 11.6 Å². The predicted octanol–water partition coefficient (Wildman–Crippen LogP) is 3.21. The van der Waals surface area contributed by atoms with Crippen molar-refractivity contribution in [1.29, 1.82) is 0 Å². The lowest BCUT2D eigenvalue weighted by Gasteiger charge is -2.31. The number of carbonyl (C=O) groups excluding carboxylic acids is 2. The van der Waals surface area contributed by atoms with E-state index in [1.54, 1.807) is 24.3 Å². The molecule has 1 N–H and O–H groups in total. The molecule has 0 radical (unpaired) electrons. The summed E-state index contributed by atoms with van der Waals surface area (Å²) in [6.07, 6.45) is 5.09. The summed E-state index contributed by atoms with van der Waals surface area (Å²) in [5.74, 6) is 0.836. The largest absolute Gasteiger partial charge is 0.489 e. The first-order valence-corrected chi connectivity index (χ1v) is 10.5. The third-order valence-electron chi connectivity index (χ3n) is 4.71. The molecule has 1 aromatic rings. The summed E-state index contributed by atoms with van der Waals surface area (Å²) in [4.78, 5) is 28.2. The highest BCUT2D eigenvalue weighted by Gasteiger charge is 2.23. The van der Waals surface area contributed by atoms with E-state index < -0.39 is 0 Å². The van der Waals surface area contributed by atoms with Gasteiger partial charge in [-0.15, -0.1) is 0 Å². The van der Waals surface area contributed by atoms with Gasteiger partial charge in [-0.25, -0.2) is 0 Å². The molecule has 2 rings (SSSR count). The molecule has 6 nitrogen and oxygen atoms in total. The van der Waals surface area contributed by atoms with Gasteiger partial charge in [0.25, 0.3) is 5.91 Å². The first-order valence-electron chi connectivity index (χ1n) is 10.1. The minimum Gasteiger partial charge on any atom is -0.489 e. The molecule has 0 unspecified atom stereocenters. The van der Waals surface area contributed by atoms with Gasteiger partial charge in [-0.3, -0.25) is 9.59 Å². The Morgan fingerprint density at radius 2 is 2.00 bits per heavy atom. The summed E-state index contributed by atoms with van der Waals surface area (Å²) in [6, 6.07) is 5.10. The number of hydrogen-bond acceptors (Lipinski definition) is 4. The fourth-order valence-electron chi connectivity index (χ4n) is 2.99. The number of piperidine rings is 1. The van der Waals surface area contributed by atoms with Crippen LogP contribution in [0.25, 0.3) is 0 Å². The molecule has 0 atom stereocenters. The van der Waals surface area contributed by atoms with Gasteiger partial charge in [0, 0.05) is 44.6 Å². The van der Waals surface area contributed by atoms with E-state index in [9.17, 15) is 9.59 Å². The first kappa shape index (κ1) is 23.2. The van der Waals surface area contributed by atoms with Crippen LogP contribution in [0.1, 0.15) is 37.0 Å². The molecule has 29 heavy (non-hydrogen) atoms. The Labute approximate surface area is 178 Å². The van der Waals surface area contributed by atoms with Gasteiger partial charge in [0.1, 0.15) is 11.9 Å². The Kier molecular flexibility index (Phi) is 8.99. The van der Waals surface area contributed by atoms with E-state index in [0.29, 0.717) is 41.9 Å². The van der Waals surface area contributed by atoms with Crippen molar-refractivity contribution in [2.45, 2.75) is 32.8 Å². The summed E-state index contributed by atoms with van der Waals surface area (Å²) in [7, 11) is 3.91. The van der Waals surface area contributed by atoms with Gasteiger partial charge in [0.15, 0.2) is 0 Å². The minimum absolute atomic E-state index is 0.00500. The van der Waals surface area contributed by atoms with E-state index in [4.69, 9.17) is 16.3 Å². The van der Waals surface area contributed by atoms with E-state index >= 15 is 0 Å². The Hall–Kier alpha value is -2.05. The molecule has 2 amide bonds. The Morgan fingerprint density at radius 1 is 1.31 bits per heavy atom. The highest BCUT2D eigenvalue weighted by Crippen LogP contribution is 2.28. The summed E-state index contributed by atoms with van der Waals surface area (Å²) < 4.78 is 6.03. The smallest absolute Gasteiger partial charge is 0.251 e. The number of benzene rings is 1. The lowest BCUT2D eigenvalue weighted by Crippen LogP contribution is -2.41. The average Bonchev–Trinajstić information content (AvgIpc) is 2.67. The average molecular weight is 422 g/mol. The predicted molar refractivity (Wildman–Crippen MR) is 117 cm³/mol. The third kappa shape index (κ3) is 7.71. The lowest BCUT2D eigenvalue weighted by atomic mass is 10.1. The number of carbonyl (C=O) groups is 2. The molecule has 0 bridgehead atoms. The molecule has 0 aliphatic carbocycles. The summed E-state index contributed by atoms with van der Waals surface area (Å²) in [6.45, 7) is 6.77. The quantitative estimate of drug-likeness (QED) is 0.655. The van der Waals surface area contributed by atoms with Crippen LogP contribution in [-0.2, 0) is 4.79 Å². The topological polar surface area (TPSA) is 61.9 Å². The van der Waals surface area contributed by atoms with Crippen molar-refractivity contribution in [2.75, 3.05) is 40.3 Å². The normalized spacial score (nSPS) is 15.3. The van der Waals surface area contributed by atoms with Crippen LogP contribution in [0.15, 0.2) is 30.4 Å². The maximum atomic E-state index is 12.2. The van der Waals surface area contributed by atoms with Crippen molar-refractivity contribution >= 4 is 23.4 Å². The van der Waals surface area contributed by atoms with Crippen LogP contribution in [0.3, 0.4) is 0 Å². The van der Waals surface area contributed by atoms with E-state index in [1.165, 1.54) is 0 Å². The fourth-order valence-corrected chi connectivity index (χ4v) is 3.21. The van der Waals surface area contributed by atoms with E-state index in [-0.39, 0.29) is 17.9 Å². The molecule has 0 saturated carbocycles. The molecule has 160 valence electrons. The van der Waals surface area contributed by atoms with Crippen molar-refractivity contribution in [3.8, 4) is 5.75 Å². The van der Waals surface area contributed by atoms with E-state index in [2.05, 4.69) is 5.32 Å². The number of likely N-dealkylation sites (tertiary alicyclic amines) is 1. The first-order chi connectivity index (χ1) is 13.8. The molecule has 1 fully saturated rings. The molecule has 7 heteroatoms. The van der Waals surface area contributed by atoms with Gasteiger partial charge < -0.3 is 19.9 Å². The van der Waals surface area contributed by atoms with Crippen molar-refractivity contribution in [2.24, 2.45) is 5.92 Å². The van der Waals surface area contributed by atoms with Gasteiger partial charge in [0.2, 0.25) is 5.91 Å². The number of amides is 2. The molecule has 0 aromatic heterocycles. The highest BCUT2D eigenvalue weighted by molar-refractivity contribution is 6.32. The number of ether oxygens (including phenoxy) is 1. The second kappa shape index (κ2) is 11.2. The Bertz CT molecular complexity index is 726. The summed E-state index contributed by atoms with van der Waals surface area (Å²) in [5, 5.41) is 3.29. The summed E-state index contributed by atoms with van der Waals surface area (Å²) >= 11 is 6.34. The monoisotopic (exact) mass is 421 g/mol. The number of likely N-dealkylation sites (N-methyl/N-ethyl adjacent to an activating group) is 1. The molecule has 1 aromatic carbocycles. The van der Waals surface area contributed by atoms with Gasteiger partial charge in [-0.2, -0.15) is 0 Å². The van der Waals surface area contributed by atoms with Gasteiger partial charge in [-0.05, 0) is 44.3 Å². The highest BCUT2D eigenvalue weighted by atomic mass is 35.5. The molecule has 1 aliphatic rings. The van der Waals surface area contributed by atoms with Crippen LogP contribution in [-0.4, -0.2) is 68.0 Å². The van der Waals surface area contributed by atoms with Crippen molar-refractivity contribution < 1.29 is 14.3 Å². The standard InChI is InChI=1S/C22H32ClN3O3/c1-16(2)5-8-21(27)26-12-9-18(10-13-26)29-20-7-6-17(15-19(20)23)22(28)24-11-14-25(3)4/h5-8,15-16,18H,9-14H2,1-4H3,(H,24,28). The number of nitrogens with one attached hydrogen (secondary N) is 1. The maximum Gasteiger partial charge on any atom is 0.251 e. The number of rotatable bonds is 8. The van der Waals surface area contributed by atoms with Crippen LogP contribution < -0.4 is 10.1 Å². The zero-order valence-electron chi connectivity index (χ0n) is 17.8. The van der Waals surface area contributed by atoms with Crippen molar-refractivity contribution in [1.82, 2.24) is 15.1 Å². The van der Waals surface area contributed by atoms with Crippen LogP contribution in [0.5, 0.6) is 5.75 Å². The van der Waals surface area contributed by atoms with Gasteiger partial charge in [-0.1, -0.05) is 31.5 Å². The molecular formula is C22H32ClN3O3. The second-order valence-electron chi connectivity index (χ2n) is 7.95. The maximum absolute atomic E-state index is 12.2. The fraction of sp³-hybridized carbons (Fsp3) is 0.545. The summed E-state index contributed by atoms with van der Waals surface area (Å²) in [5.41, 5.74) is 0.512. The number of hydrogen-bond donors (Lipinski definition) is 1. The van der Waals surface area contributed by atoms with Gasteiger partial charge >= 0.3 is 0 Å². The molecule has 1 aliphatic heterocycles. The SMILES string of the molecule is CC(C)C=CC(=O)N1CCC(Oc2ccc(C(=O)NCCN(C)C)cc2Cl)CC1. The van der Waals surface area contributed by atoms with E-state index in [1.807, 2.05) is 43.8 Å². The number of halogens is 1. The zero-order chi connectivity index (χ0) is 21.4. The van der Waals surface area contributed by atoms with Crippen LogP contribution in [0, 0.1) is 5.92 Å². The molecule has 1 saturated heterocycles. The third-order valence-corrected chi connectivity index (χ3v) is 5.01. The zero-order valence-corrected chi connectivity index (χ0v) is 18.5. The number of allylic oxidation sites excluding steroid dienone is 1. The molecule has 0 spiro atoms. The van der Waals surface area contributed by atoms with Crippen LogP contribution in [0.4, 0.5) is 0 Å². The van der Waals surface area contributed by atoms with E-state index in [0.717, 1.165) is 19.4 Å². The minimum atomic E-state index is -0.151. The number of nitrogens with zero attached hydrogens (tertiary/aromatic N) is 2. The van der Waals surface area contributed by atoms with Crippen LogP contribution in [0.2, 0.25) is 5.02 Å².